The molecule has 19 heavy (non-hydrogen) atoms. The summed E-state index contributed by atoms with van der Waals surface area (Å²) in [5, 5.41) is 12.5. The number of carbonyl (C=O) groups is 2. The largest absolute Gasteiger partial charge is 0.477 e. The Hall–Kier alpha value is -1.50. The molecule has 1 aliphatic rings. The number of rotatable bonds is 4. The molecule has 2 rings (SSSR count). The van der Waals surface area contributed by atoms with Crippen molar-refractivity contribution < 1.29 is 14.7 Å². The molecule has 7 heteroatoms. The molecule has 0 aliphatic heterocycles. The molecular formula is C12H17N3O3S. The second-order valence-corrected chi connectivity index (χ2v) is 5.75. The molecule has 3 N–H and O–H groups in total. The van der Waals surface area contributed by atoms with Gasteiger partial charge in [-0.15, -0.1) is 0 Å². The topological polar surface area (TPSA) is 95.1 Å². The van der Waals surface area contributed by atoms with Crippen LogP contribution in [0.3, 0.4) is 0 Å². The Labute approximate surface area is 115 Å². The monoisotopic (exact) mass is 283 g/mol. The molecule has 6 nitrogen and oxygen atoms in total. The summed E-state index contributed by atoms with van der Waals surface area (Å²) < 4.78 is 0. The zero-order valence-electron chi connectivity index (χ0n) is 10.7. The zero-order chi connectivity index (χ0) is 13.8. The van der Waals surface area contributed by atoms with E-state index >= 15 is 0 Å². The molecule has 0 atom stereocenters. The van der Waals surface area contributed by atoms with Gasteiger partial charge in [0.25, 0.3) is 5.91 Å². The average Bonchev–Trinajstić information content (AvgIpc) is 2.89. The highest BCUT2D eigenvalue weighted by Gasteiger charge is 2.25. The molecule has 1 aromatic rings. The van der Waals surface area contributed by atoms with Crippen LogP contribution in [0.25, 0.3) is 0 Å². The number of nitrogens with one attached hydrogen (secondary N) is 2. The molecule has 0 spiro atoms. The quantitative estimate of drug-likeness (QED) is 0.778. The number of hydrogen-bond acceptors (Lipinski definition) is 4. The van der Waals surface area contributed by atoms with Crippen LogP contribution >= 0.6 is 11.8 Å². The number of aromatic nitrogens is 2. The highest BCUT2D eigenvalue weighted by atomic mass is 32.2. The summed E-state index contributed by atoms with van der Waals surface area (Å²) in [6.07, 6.45) is 7.36. The van der Waals surface area contributed by atoms with Crippen LogP contribution in [0.2, 0.25) is 0 Å². The van der Waals surface area contributed by atoms with E-state index in [1.54, 1.807) is 0 Å². The first kappa shape index (κ1) is 13.9. The summed E-state index contributed by atoms with van der Waals surface area (Å²) in [4.78, 5) is 29.1. The van der Waals surface area contributed by atoms with Gasteiger partial charge in [0.05, 0.1) is 6.33 Å². The van der Waals surface area contributed by atoms with Crippen LogP contribution < -0.4 is 5.32 Å². The first-order valence-electron chi connectivity index (χ1n) is 6.22. The van der Waals surface area contributed by atoms with E-state index in [0.29, 0.717) is 5.25 Å². The molecule has 104 valence electrons. The maximum Gasteiger partial charge on any atom is 0.354 e. The number of aromatic amines is 1. The predicted molar refractivity (Wildman–Crippen MR) is 72.6 cm³/mol. The van der Waals surface area contributed by atoms with Gasteiger partial charge in [0.1, 0.15) is 0 Å². The molecule has 0 unspecified atom stereocenters. The number of amides is 1. The lowest BCUT2D eigenvalue weighted by molar-refractivity contribution is 0.0684. The van der Waals surface area contributed by atoms with E-state index < -0.39 is 11.9 Å². The summed E-state index contributed by atoms with van der Waals surface area (Å²) in [6.45, 7) is 0. The van der Waals surface area contributed by atoms with E-state index in [4.69, 9.17) is 5.11 Å². The fourth-order valence-electron chi connectivity index (χ4n) is 2.33. The molecule has 1 aromatic heterocycles. The third-order valence-corrected chi connectivity index (χ3v) is 4.55. The predicted octanol–water partition coefficient (Wildman–Crippen LogP) is 1.51. The second-order valence-electron chi connectivity index (χ2n) is 4.61. The minimum absolute atomic E-state index is 0.0421. The summed E-state index contributed by atoms with van der Waals surface area (Å²) >= 11 is 1.86. The van der Waals surface area contributed by atoms with Gasteiger partial charge in [-0.3, -0.25) is 4.79 Å². The lowest BCUT2D eigenvalue weighted by Crippen LogP contribution is -2.38. The van der Waals surface area contributed by atoms with Crippen molar-refractivity contribution in [2.75, 3.05) is 6.26 Å². The smallest absolute Gasteiger partial charge is 0.354 e. The first-order valence-corrected chi connectivity index (χ1v) is 7.51. The fraction of sp³-hybridized carbons (Fsp3) is 0.583. The number of nitrogens with zero attached hydrogens (tertiary/aromatic N) is 1. The first-order chi connectivity index (χ1) is 9.11. The standard InChI is InChI=1S/C12H17N3O3S/c1-19-8-4-2-7(3-5-8)15-11(16)9-10(12(17)18)14-6-13-9/h6-8H,2-5H2,1H3,(H,13,14)(H,15,16)(H,17,18). The van der Waals surface area contributed by atoms with Crippen molar-refractivity contribution in [3.8, 4) is 0 Å². The molecule has 1 heterocycles. The van der Waals surface area contributed by atoms with E-state index in [2.05, 4.69) is 21.5 Å². The molecule has 1 saturated carbocycles. The highest BCUT2D eigenvalue weighted by molar-refractivity contribution is 7.99. The van der Waals surface area contributed by atoms with Gasteiger partial charge in [-0.2, -0.15) is 11.8 Å². The van der Waals surface area contributed by atoms with Crippen LogP contribution in [0.15, 0.2) is 6.33 Å². The second kappa shape index (κ2) is 6.10. The van der Waals surface area contributed by atoms with Crippen LogP contribution in [-0.2, 0) is 0 Å². The van der Waals surface area contributed by atoms with E-state index in [9.17, 15) is 9.59 Å². The SMILES string of the molecule is CSC1CCC(NC(=O)c2nc[nH]c2C(=O)O)CC1. The lowest BCUT2D eigenvalue weighted by Gasteiger charge is -2.27. The molecule has 1 aliphatic carbocycles. The van der Waals surface area contributed by atoms with Crippen LogP contribution in [-0.4, -0.2) is 44.5 Å². The van der Waals surface area contributed by atoms with Crippen LogP contribution in [0.1, 0.15) is 46.7 Å². The number of H-pyrrole nitrogens is 1. The summed E-state index contributed by atoms with van der Waals surface area (Å²) in [5.41, 5.74) is -0.199. The van der Waals surface area contributed by atoms with Crippen molar-refractivity contribution in [1.82, 2.24) is 15.3 Å². The maximum atomic E-state index is 12.0. The van der Waals surface area contributed by atoms with E-state index in [0.717, 1.165) is 25.7 Å². The molecular weight excluding hydrogens is 266 g/mol. The number of carboxylic acids is 1. The van der Waals surface area contributed by atoms with E-state index in [-0.39, 0.29) is 17.4 Å². The number of aromatic carboxylic acids is 1. The van der Waals surface area contributed by atoms with Crippen molar-refractivity contribution in [2.45, 2.75) is 37.0 Å². The van der Waals surface area contributed by atoms with Gasteiger partial charge in [0, 0.05) is 11.3 Å². The summed E-state index contributed by atoms with van der Waals surface area (Å²) in [6, 6.07) is 0.120. The van der Waals surface area contributed by atoms with Crippen molar-refractivity contribution in [3.63, 3.8) is 0 Å². The molecule has 0 aromatic carbocycles. The van der Waals surface area contributed by atoms with Gasteiger partial charge >= 0.3 is 5.97 Å². The molecule has 1 amide bonds. The third-order valence-electron chi connectivity index (χ3n) is 3.41. The average molecular weight is 283 g/mol. The van der Waals surface area contributed by atoms with Crippen molar-refractivity contribution in [3.05, 3.63) is 17.7 Å². The minimum Gasteiger partial charge on any atom is -0.477 e. The van der Waals surface area contributed by atoms with Gasteiger partial charge < -0.3 is 15.4 Å². The maximum absolute atomic E-state index is 12.0. The van der Waals surface area contributed by atoms with Gasteiger partial charge in [-0.05, 0) is 31.9 Å². The Morgan fingerprint density at radius 2 is 2.11 bits per heavy atom. The molecule has 0 radical (unpaired) electrons. The Bertz CT molecular complexity index is 467. The molecule has 1 fully saturated rings. The lowest BCUT2D eigenvalue weighted by atomic mass is 9.95. The van der Waals surface area contributed by atoms with Gasteiger partial charge in [-0.25, -0.2) is 9.78 Å². The number of carbonyl (C=O) groups excluding carboxylic acids is 1. The van der Waals surface area contributed by atoms with Crippen LogP contribution in [0.4, 0.5) is 0 Å². The molecule has 0 bridgehead atoms. The van der Waals surface area contributed by atoms with E-state index in [1.807, 2.05) is 11.8 Å². The van der Waals surface area contributed by atoms with E-state index in [1.165, 1.54) is 6.33 Å². The van der Waals surface area contributed by atoms with Crippen molar-refractivity contribution >= 4 is 23.6 Å². The number of carboxylic acid groups (broad SMARTS) is 1. The highest BCUT2D eigenvalue weighted by Crippen LogP contribution is 2.26. The van der Waals surface area contributed by atoms with Crippen molar-refractivity contribution in [1.29, 1.82) is 0 Å². The zero-order valence-corrected chi connectivity index (χ0v) is 11.5. The molecule has 0 saturated heterocycles. The number of hydrogen-bond donors (Lipinski definition) is 3. The fourth-order valence-corrected chi connectivity index (χ4v) is 3.07. The van der Waals surface area contributed by atoms with Gasteiger partial charge in [0.2, 0.25) is 0 Å². The van der Waals surface area contributed by atoms with Gasteiger partial charge in [-0.1, -0.05) is 0 Å². The summed E-state index contributed by atoms with van der Waals surface area (Å²) in [7, 11) is 0. The van der Waals surface area contributed by atoms with Crippen molar-refractivity contribution in [2.24, 2.45) is 0 Å². The van der Waals surface area contributed by atoms with Crippen LogP contribution in [0, 0.1) is 0 Å². The Morgan fingerprint density at radius 3 is 2.68 bits per heavy atom. The summed E-state index contributed by atoms with van der Waals surface area (Å²) in [5.74, 6) is -1.58. The Kier molecular flexibility index (Phi) is 4.47. The van der Waals surface area contributed by atoms with Gasteiger partial charge in [0.15, 0.2) is 11.4 Å². The number of thioether (sulfide) groups is 1. The Morgan fingerprint density at radius 1 is 1.42 bits per heavy atom. The Balaban J connectivity index is 1.94. The minimum atomic E-state index is -1.17. The number of imidazole rings is 1. The van der Waals surface area contributed by atoms with Crippen LogP contribution in [0.5, 0.6) is 0 Å². The third kappa shape index (κ3) is 3.28. The normalized spacial score (nSPS) is 23.0.